The molecule has 20 heavy (non-hydrogen) atoms. The van der Waals surface area contributed by atoms with Gasteiger partial charge in [0, 0.05) is 17.6 Å². The van der Waals surface area contributed by atoms with Gasteiger partial charge in [0.1, 0.15) is 5.60 Å². The number of hydrogen-bond acceptors (Lipinski definition) is 1. The molecule has 1 aromatic heterocycles. The van der Waals surface area contributed by atoms with E-state index < -0.39 is 5.60 Å². The Kier molecular flexibility index (Phi) is 2.48. The molecule has 0 bridgehead atoms. The van der Waals surface area contributed by atoms with Crippen molar-refractivity contribution in [3.05, 3.63) is 71.4 Å². The predicted octanol–water partition coefficient (Wildman–Crippen LogP) is 3.54. The summed E-state index contributed by atoms with van der Waals surface area (Å²) in [6, 6.07) is 18.7. The molecule has 3 aromatic rings. The summed E-state index contributed by atoms with van der Waals surface area (Å²) >= 11 is 0. The Labute approximate surface area is 118 Å². The molecule has 0 saturated carbocycles. The molecule has 0 radical (unpaired) electrons. The summed E-state index contributed by atoms with van der Waals surface area (Å²) in [5.41, 5.74) is 3.89. The van der Waals surface area contributed by atoms with Crippen LogP contribution in [0.25, 0.3) is 10.9 Å². The summed E-state index contributed by atoms with van der Waals surface area (Å²) in [5, 5.41) is 12.2. The van der Waals surface area contributed by atoms with Crippen LogP contribution in [0.15, 0.2) is 54.6 Å². The maximum atomic E-state index is 11.1. The minimum atomic E-state index is -0.770. The number of para-hydroxylation sites is 1. The third kappa shape index (κ3) is 1.76. The lowest BCUT2D eigenvalue weighted by molar-refractivity contribution is 0.0187. The molecular formula is C18H17NO. The number of hydrogen-bond donors (Lipinski definition) is 2. The second-order valence-electron chi connectivity index (χ2n) is 5.75. The second kappa shape index (κ2) is 4.22. The van der Waals surface area contributed by atoms with Crippen LogP contribution in [0.5, 0.6) is 0 Å². The van der Waals surface area contributed by atoms with Gasteiger partial charge in [0.15, 0.2) is 0 Å². The monoisotopic (exact) mass is 263 g/mol. The van der Waals surface area contributed by atoms with Crippen molar-refractivity contribution in [2.45, 2.75) is 24.9 Å². The third-order valence-electron chi connectivity index (χ3n) is 4.44. The Hall–Kier alpha value is -2.06. The van der Waals surface area contributed by atoms with Crippen LogP contribution in [0.2, 0.25) is 0 Å². The van der Waals surface area contributed by atoms with Gasteiger partial charge in [-0.1, -0.05) is 42.5 Å². The fourth-order valence-electron chi connectivity index (χ4n) is 3.27. The third-order valence-corrected chi connectivity index (χ3v) is 4.44. The minimum absolute atomic E-state index is 0.690. The van der Waals surface area contributed by atoms with Crippen LogP contribution in [-0.2, 0) is 18.4 Å². The average Bonchev–Trinajstić information content (AvgIpc) is 2.92. The first-order chi connectivity index (χ1) is 9.74. The number of fused-ring (bicyclic) bond motifs is 2. The summed E-state index contributed by atoms with van der Waals surface area (Å²) in [4.78, 5) is 3.39. The molecule has 2 nitrogen and oxygen atoms in total. The molecule has 0 aliphatic heterocycles. The van der Waals surface area contributed by atoms with Crippen molar-refractivity contribution >= 4 is 10.9 Å². The van der Waals surface area contributed by atoms with E-state index in [0.29, 0.717) is 6.42 Å². The number of nitrogens with one attached hydrogen (secondary N) is 1. The second-order valence-corrected chi connectivity index (χ2v) is 5.75. The van der Waals surface area contributed by atoms with E-state index in [1.54, 1.807) is 0 Å². The molecule has 0 fully saturated rings. The first-order valence-corrected chi connectivity index (χ1v) is 7.12. The zero-order valence-corrected chi connectivity index (χ0v) is 11.3. The molecule has 0 spiro atoms. The summed E-state index contributed by atoms with van der Waals surface area (Å²) in [5.74, 6) is 0. The molecule has 1 heterocycles. The number of rotatable bonds is 1. The molecule has 0 saturated heterocycles. The van der Waals surface area contributed by atoms with Gasteiger partial charge in [0.25, 0.3) is 0 Å². The van der Waals surface area contributed by atoms with Crippen molar-refractivity contribution in [2.75, 3.05) is 0 Å². The fraction of sp³-hybridized carbons (Fsp3) is 0.222. The number of benzene rings is 2. The van der Waals surface area contributed by atoms with Crippen LogP contribution < -0.4 is 0 Å². The molecule has 0 unspecified atom stereocenters. The number of aromatic nitrogens is 1. The molecular weight excluding hydrogens is 246 g/mol. The largest absolute Gasteiger partial charge is 0.383 e. The van der Waals surface area contributed by atoms with Gasteiger partial charge in [0.05, 0.1) is 0 Å². The van der Waals surface area contributed by atoms with E-state index in [0.717, 1.165) is 29.4 Å². The molecule has 2 heteroatoms. The average molecular weight is 263 g/mol. The molecule has 1 aliphatic rings. The highest BCUT2D eigenvalue weighted by Gasteiger charge is 2.34. The van der Waals surface area contributed by atoms with Crippen LogP contribution in [-0.4, -0.2) is 10.1 Å². The van der Waals surface area contributed by atoms with Gasteiger partial charge in [-0.05, 0) is 41.5 Å². The summed E-state index contributed by atoms with van der Waals surface area (Å²) in [6.07, 6.45) is 2.40. The maximum Gasteiger partial charge on any atom is 0.109 e. The van der Waals surface area contributed by atoms with Gasteiger partial charge < -0.3 is 10.1 Å². The Morgan fingerprint density at radius 1 is 0.950 bits per heavy atom. The normalized spacial score (nSPS) is 21.9. The zero-order valence-electron chi connectivity index (χ0n) is 11.3. The highest BCUT2D eigenvalue weighted by molar-refractivity contribution is 5.80. The molecule has 2 aromatic carbocycles. The van der Waals surface area contributed by atoms with Gasteiger partial charge in [-0.2, -0.15) is 0 Å². The van der Waals surface area contributed by atoms with E-state index in [2.05, 4.69) is 47.4 Å². The maximum absolute atomic E-state index is 11.1. The summed E-state index contributed by atoms with van der Waals surface area (Å²) in [6.45, 7) is 0. The zero-order chi connectivity index (χ0) is 13.6. The molecule has 0 amide bonds. The Bertz CT molecular complexity index is 741. The van der Waals surface area contributed by atoms with E-state index in [4.69, 9.17) is 0 Å². The van der Waals surface area contributed by atoms with E-state index >= 15 is 0 Å². The number of aromatic amines is 1. The van der Waals surface area contributed by atoms with Crippen LogP contribution >= 0.6 is 0 Å². The van der Waals surface area contributed by atoms with Crippen LogP contribution in [0, 0.1) is 0 Å². The fourth-order valence-corrected chi connectivity index (χ4v) is 3.27. The van der Waals surface area contributed by atoms with Crippen molar-refractivity contribution < 1.29 is 5.11 Å². The van der Waals surface area contributed by atoms with Crippen molar-refractivity contribution in [1.29, 1.82) is 0 Å². The lowest BCUT2D eigenvalue weighted by atomic mass is 9.79. The van der Waals surface area contributed by atoms with Crippen LogP contribution in [0.4, 0.5) is 0 Å². The first kappa shape index (κ1) is 11.7. The van der Waals surface area contributed by atoms with Gasteiger partial charge in [-0.25, -0.2) is 0 Å². The number of H-pyrrole nitrogens is 1. The first-order valence-electron chi connectivity index (χ1n) is 7.12. The van der Waals surface area contributed by atoms with Crippen molar-refractivity contribution in [3.8, 4) is 0 Å². The molecule has 4 rings (SSSR count). The quantitative estimate of drug-likeness (QED) is 0.692. The summed E-state index contributed by atoms with van der Waals surface area (Å²) in [7, 11) is 0. The van der Waals surface area contributed by atoms with E-state index in [9.17, 15) is 5.11 Å². The van der Waals surface area contributed by atoms with E-state index in [-0.39, 0.29) is 0 Å². The lowest BCUT2D eigenvalue weighted by Gasteiger charge is -2.32. The van der Waals surface area contributed by atoms with Crippen molar-refractivity contribution in [2.24, 2.45) is 0 Å². The Morgan fingerprint density at radius 2 is 1.70 bits per heavy atom. The Balaban J connectivity index is 1.78. The summed E-state index contributed by atoms with van der Waals surface area (Å²) < 4.78 is 0. The van der Waals surface area contributed by atoms with Crippen LogP contribution in [0.3, 0.4) is 0 Å². The lowest BCUT2D eigenvalue weighted by Crippen LogP contribution is -2.33. The van der Waals surface area contributed by atoms with Crippen LogP contribution in [0.1, 0.15) is 23.2 Å². The van der Waals surface area contributed by atoms with Gasteiger partial charge in [0.2, 0.25) is 0 Å². The topological polar surface area (TPSA) is 36.0 Å². The number of aliphatic hydroxyl groups is 1. The number of aryl methyl sites for hydroxylation is 1. The standard InChI is InChI=1S/C18H17NO/c20-18(10-9-13-5-1-2-7-15(13)12-18)17-11-14-6-3-4-8-16(14)19-17/h1-8,11,19-20H,9-10,12H2/t18-/m1/s1. The molecule has 2 N–H and O–H groups in total. The minimum Gasteiger partial charge on any atom is -0.383 e. The van der Waals surface area contributed by atoms with E-state index in [1.165, 1.54) is 11.1 Å². The van der Waals surface area contributed by atoms with Crippen molar-refractivity contribution in [3.63, 3.8) is 0 Å². The highest BCUT2D eigenvalue weighted by atomic mass is 16.3. The SMILES string of the molecule is O[C@]1(c2cc3ccccc3[nH]2)CCc2ccccc2C1. The predicted molar refractivity (Wildman–Crippen MR) is 80.7 cm³/mol. The van der Waals surface area contributed by atoms with Gasteiger partial charge in [-0.15, -0.1) is 0 Å². The molecule has 1 atom stereocenters. The van der Waals surface area contributed by atoms with Gasteiger partial charge >= 0.3 is 0 Å². The Morgan fingerprint density at radius 3 is 2.55 bits per heavy atom. The van der Waals surface area contributed by atoms with Crippen molar-refractivity contribution in [1.82, 2.24) is 4.98 Å². The molecule has 100 valence electrons. The van der Waals surface area contributed by atoms with E-state index in [1.807, 2.05) is 12.1 Å². The van der Waals surface area contributed by atoms with Gasteiger partial charge in [-0.3, -0.25) is 0 Å². The smallest absolute Gasteiger partial charge is 0.109 e. The molecule has 1 aliphatic carbocycles. The highest BCUT2D eigenvalue weighted by Crippen LogP contribution is 2.37.